The third-order valence-corrected chi connectivity index (χ3v) is 2.41. The van der Waals surface area contributed by atoms with E-state index in [1.807, 2.05) is 0 Å². The van der Waals surface area contributed by atoms with E-state index in [-0.39, 0.29) is 6.54 Å². The van der Waals surface area contributed by atoms with E-state index >= 15 is 0 Å². The summed E-state index contributed by atoms with van der Waals surface area (Å²) in [4.78, 5) is 34.3. The molecule has 0 spiro atoms. The molecule has 1 aromatic rings. The Bertz CT molecular complexity index is 546. The average Bonchev–Trinajstić information content (AvgIpc) is 2.43. The monoisotopic (exact) mass is 308 g/mol. The molecule has 7 heteroatoms. The van der Waals surface area contributed by atoms with Crippen LogP contribution in [0.5, 0.6) is 0 Å². The second-order valence-corrected chi connectivity index (χ2v) is 5.46. The lowest BCUT2D eigenvalue weighted by atomic mass is 10.2. The zero-order chi connectivity index (χ0) is 16.8. The minimum absolute atomic E-state index is 0.201. The van der Waals surface area contributed by atoms with Crippen LogP contribution in [-0.2, 0) is 14.3 Å². The summed E-state index contributed by atoms with van der Waals surface area (Å²) in [5.74, 6) is -0.939. The van der Waals surface area contributed by atoms with Crippen LogP contribution < -0.4 is 10.6 Å². The van der Waals surface area contributed by atoms with E-state index in [2.05, 4.69) is 15.4 Å². The molecule has 0 fully saturated rings. The lowest BCUT2D eigenvalue weighted by Gasteiger charge is -2.19. The van der Waals surface area contributed by atoms with Crippen molar-refractivity contribution < 1.29 is 23.9 Å². The van der Waals surface area contributed by atoms with Crippen LogP contribution in [0.25, 0.3) is 0 Å². The van der Waals surface area contributed by atoms with Crippen molar-refractivity contribution in [2.45, 2.75) is 26.4 Å². The smallest absolute Gasteiger partial charge is 0.412 e. The number of rotatable bonds is 4. The number of hydrogen-bond donors (Lipinski definition) is 2. The number of amides is 2. The molecule has 0 radical (unpaired) electrons. The van der Waals surface area contributed by atoms with Crippen molar-refractivity contribution in [3.8, 4) is 0 Å². The molecule has 2 amide bonds. The lowest BCUT2D eigenvalue weighted by Crippen LogP contribution is -2.30. The SMILES string of the molecule is COC(=O)CNC(=O)c1ccc(NC(=O)OC(C)(C)C)cc1. The van der Waals surface area contributed by atoms with Gasteiger partial charge in [0.05, 0.1) is 7.11 Å². The quantitative estimate of drug-likeness (QED) is 0.829. The van der Waals surface area contributed by atoms with E-state index in [1.165, 1.54) is 19.2 Å². The van der Waals surface area contributed by atoms with E-state index in [0.717, 1.165) is 0 Å². The number of anilines is 1. The van der Waals surface area contributed by atoms with Crippen LogP contribution in [0.3, 0.4) is 0 Å². The molecule has 0 aliphatic rings. The fourth-order valence-corrected chi connectivity index (χ4v) is 1.45. The normalized spacial score (nSPS) is 10.5. The summed E-state index contributed by atoms with van der Waals surface area (Å²) in [6, 6.07) is 6.19. The van der Waals surface area contributed by atoms with Gasteiger partial charge in [0.25, 0.3) is 5.91 Å². The van der Waals surface area contributed by atoms with E-state index in [1.54, 1.807) is 32.9 Å². The summed E-state index contributed by atoms with van der Waals surface area (Å²) in [7, 11) is 1.24. The molecule has 0 aliphatic heterocycles. The van der Waals surface area contributed by atoms with Gasteiger partial charge in [0.15, 0.2) is 0 Å². The first kappa shape index (κ1) is 17.5. The summed E-state index contributed by atoms with van der Waals surface area (Å²) in [6.07, 6.45) is -0.574. The Kier molecular flexibility index (Phi) is 5.91. The number of benzene rings is 1. The molecule has 0 saturated carbocycles. The lowest BCUT2D eigenvalue weighted by molar-refractivity contribution is -0.139. The standard InChI is InChI=1S/C15H20N2O5/c1-15(2,3)22-14(20)17-11-7-5-10(6-8-11)13(19)16-9-12(18)21-4/h5-8H,9H2,1-4H3,(H,16,19)(H,17,20). The molecule has 1 aromatic carbocycles. The average molecular weight is 308 g/mol. The number of hydrogen-bond acceptors (Lipinski definition) is 5. The Morgan fingerprint density at radius 2 is 1.68 bits per heavy atom. The highest BCUT2D eigenvalue weighted by atomic mass is 16.6. The second-order valence-electron chi connectivity index (χ2n) is 5.46. The molecule has 7 nitrogen and oxygen atoms in total. The van der Waals surface area contributed by atoms with Crippen LogP contribution in [-0.4, -0.2) is 37.2 Å². The van der Waals surface area contributed by atoms with Crippen molar-refractivity contribution in [3.05, 3.63) is 29.8 Å². The van der Waals surface area contributed by atoms with Gasteiger partial charge in [-0.15, -0.1) is 0 Å². The number of esters is 1. The predicted molar refractivity (Wildman–Crippen MR) is 80.6 cm³/mol. The highest BCUT2D eigenvalue weighted by molar-refractivity contribution is 5.96. The van der Waals surface area contributed by atoms with Gasteiger partial charge in [-0.3, -0.25) is 14.9 Å². The Morgan fingerprint density at radius 1 is 1.09 bits per heavy atom. The van der Waals surface area contributed by atoms with Crippen LogP contribution in [0, 0.1) is 0 Å². The molecular weight excluding hydrogens is 288 g/mol. The Balaban J connectivity index is 2.57. The van der Waals surface area contributed by atoms with E-state index in [4.69, 9.17) is 4.74 Å². The Morgan fingerprint density at radius 3 is 2.18 bits per heavy atom. The molecule has 0 saturated heterocycles. The van der Waals surface area contributed by atoms with E-state index in [9.17, 15) is 14.4 Å². The van der Waals surface area contributed by atoms with Crippen LogP contribution in [0.15, 0.2) is 24.3 Å². The van der Waals surface area contributed by atoms with Crippen LogP contribution >= 0.6 is 0 Å². The summed E-state index contributed by atoms with van der Waals surface area (Å²) in [5, 5.41) is 4.97. The molecule has 0 unspecified atom stereocenters. The number of carbonyl (C=O) groups is 3. The van der Waals surface area contributed by atoms with Gasteiger partial charge in [-0.25, -0.2) is 4.79 Å². The molecule has 0 atom stereocenters. The van der Waals surface area contributed by atoms with Gasteiger partial charge in [0.1, 0.15) is 12.1 Å². The number of carbonyl (C=O) groups excluding carboxylic acids is 3. The van der Waals surface area contributed by atoms with Crippen molar-refractivity contribution in [2.75, 3.05) is 19.0 Å². The maximum atomic E-state index is 11.8. The molecule has 0 bridgehead atoms. The van der Waals surface area contributed by atoms with Crippen molar-refractivity contribution >= 4 is 23.7 Å². The zero-order valence-electron chi connectivity index (χ0n) is 13.1. The molecule has 120 valence electrons. The summed E-state index contributed by atoms with van der Waals surface area (Å²) in [6.45, 7) is 5.09. The molecule has 0 aliphatic carbocycles. The first-order valence-electron chi connectivity index (χ1n) is 6.66. The summed E-state index contributed by atoms with van der Waals surface area (Å²) >= 11 is 0. The van der Waals surface area contributed by atoms with Crippen LogP contribution in [0.1, 0.15) is 31.1 Å². The van der Waals surface area contributed by atoms with Crippen LogP contribution in [0.2, 0.25) is 0 Å². The Labute approximate surface area is 129 Å². The van der Waals surface area contributed by atoms with Gasteiger partial charge >= 0.3 is 12.1 Å². The van der Waals surface area contributed by atoms with Crippen molar-refractivity contribution in [1.82, 2.24) is 5.32 Å². The van der Waals surface area contributed by atoms with Gasteiger partial charge in [0.2, 0.25) is 0 Å². The fourth-order valence-electron chi connectivity index (χ4n) is 1.45. The fraction of sp³-hybridized carbons (Fsp3) is 0.400. The molecule has 2 N–H and O–H groups in total. The maximum absolute atomic E-state index is 11.8. The molecule has 0 heterocycles. The van der Waals surface area contributed by atoms with E-state index in [0.29, 0.717) is 11.3 Å². The van der Waals surface area contributed by atoms with E-state index < -0.39 is 23.6 Å². The highest BCUT2D eigenvalue weighted by Crippen LogP contribution is 2.13. The number of nitrogens with one attached hydrogen (secondary N) is 2. The van der Waals surface area contributed by atoms with Gasteiger partial charge < -0.3 is 14.8 Å². The summed E-state index contributed by atoms with van der Waals surface area (Å²) < 4.78 is 9.54. The van der Waals surface area contributed by atoms with Crippen LogP contribution in [0.4, 0.5) is 10.5 Å². The largest absolute Gasteiger partial charge is 0.468 e. The van der Waals surface area contributed by atoms with Gasteiger partial charge in [-0.05, 0) is 45.0 Å². The third kappa shape index (κ3) is 6.25. The maximum Gasteiger partial charge on any atom is 0.412 e. The first-order valence-corrected chi connectivity index (χ1v) is 6.66. The topological polar surface area (TPSA) is 93.7 Å². The van der Waals surface area contributed by atoms with Crippen molar-refractivity contribution in [1.29, 1.82) is 0 Å². The number of ether oxygens (including phenoxy) is 2. The summed E-state index contributed by atoms with van der Waals surface area (Å²) in [5.41, 5.74) is 0.273. The molecule has 1 rings (SSSR count). The predicted octanol–water partition coefficient (Wildman–Crippen LogP) is 1.94. The number of methoxy groups -OCH3 is 1. The zero-order valence-corrected chi connectivity index (χ0v) is 13.1. The molecule has 22 heavy (non-hydrogen) atoms. The highest BCUT2D eigenvalue weighted by Gasteiger charge is 2.16. The second kappa shape index (κ2) is 7.44. The van der Waals surface area contributed by atoms with Crippen molar-refractivity contribution in [2.24, 2.45) is 0 Å². The third-order valence-electron chi connectivity index (χ3n) is 2.41. The Hall–Kier alpha value is -2.57. The van der Waals surface area contributed by atoms with Gasteiger partial charge in [-0.2, -0.15) is 0 Å². The van der Waals surface area contributed by atoms with Crippen molar-refractivity contribution in [3.63, 3.8) is 0 Å². The minimum atomic E-state index is -0.586. The van der Waals surface area contributed by atoms with Gasteiger partial charge in [-0.1, -0.05) is 0 Å². The van der Waals surface area contributed by atoms with Gasteiger partial charge in [0, 0.05) is 11.3 Å². The first-order chi connectivity index (χ1) is 10.2. The minimum Gasteiger partial charge on any atom is -0.468 e. The molecule has 0 aromatic heterocycles. The molecular formula is C15H20N2O5.